The van der Waals surface area contributed by atoms with Crippen LogP contribution < -0.4 is 10.5 Å². The van der Waals surface area contributed by atoms with E-state index in [1.807, 2.05) is 31.1 Å². The number of carbonyl (C=O) groups excluding carboxylic acids is 1. The average Bonchev–Trinajstić information content (AvgIpc) is 2.48. The third-order valence-corrected chi connectivity index (χ3v) is 4.32. The van der Waals surface area contributed by atoms with Crippen molar-refractivity contribution in [2.75, 3.05) is 20.4 Å². The van der Waals surface area contributed by atoms with Gasteiger partial charge < -0.3 is 15.4 Å². The number of ether oxygens (including phenoxy) is 1. The summed E-state index contributed by atoms with van der Waals surface area (Å²) < 4.78 is 6.04. The summed E-state index contributed by atoms with van der Waals surface area (Å²) >= 11 is 1.71. The van der Waals surface area contributed by atoms with Crippen LogP contribution in [0.5, 0.6) is 11.5 Å². The number of amides is 1. The van der Waals surface area contributed by atoms with Crippen LogP contribution >= 0.6 is 11.8 Å². The molecule has 2 N–H and O–H groups in total. The second-order valence-electron chi connectivity index (χ2n) is 5.66. The zero-order chi connectivity index (χ0) is 17.0. The van der Waals surface area contributed by atoms with Crippen LogP contribution in [-0.2, 0) is 6.54 Å². The number of nitrogens with zero attached hydrogens (tertiary/aromatic N) is 1. The molecule has 2 aromatic rings. The lowest BCUT2D eigenvalue weighted by atomic mass is 10.1. The quantitative estimate of drug-likeness (QED) is 0.821. The second-order valence-corrected chi connectivity index (χ2v) is 6.51. The van der Waals surface area contributed by atoms with Gasteiger partial charge in [0.2, 0.25) is 5.91 Å². The van der Waals surface area contributed by atoms with Gasteiger partial charge in [-0.3, -0.25) is 4.79 Å². The molecule has 122 valence electrons. The molecular formula is C18H22N2O2S. The first-order valence-corrected chi connectivity index (χ1v) is 8.53. The van der Waals surface area contributed by atoms with Crippen LogP contribution in [0.1, 0.15) is 21.5 Å². The van der Waals surface area contributed by atoms with Crippen molar-refractivity contribution in [1.29, 1.82) is 0 Å². The fourth-order valence-corrected chi connectivity index (χ4v) is 2.92. The Labute approximate surface area is 141 Å². The summed E-state index contributed by atoms with van der Waals surface area (Å²) in [7, 11) is 3.94. The molecular weight excluding hydrogens is 308 g/mol. The minimum Gasteiger partial charge on any atom is -0.457 e. The number of thioether (sulfide) groups is 1. The molecule has 0 atom stereocenters. The number of rotatable bonds is 6. The molecule has 0 saturated heterocycles. The van der Waals surface area contributed by atoms with Crippen molar-refractivity contribution in [3.63, 3.8) is 0 Å². The number of hydrogen-bond acceptors (Lipinski definition) is 4. The van der Waals surface area contributed by atoms with Gasteiger partial charge in [0.05, 0.1) is 0 Å². The predicted molar refractivity (Wildman–Crippen MR) is 95.4 cm³/mol. The highest BCUT2D eigenvalue weighted by Gasteiger charge is 2.11. The number of hydrogen-bond donors (Lipinski definition) is 1. The second kappa shape index (κ2) is 7.53. The Hall–Kier alpha value is -1.98. The maximum absolute atomic E-state index is 11.4. The van der Waals surface area contributed by atoms with Gasteiger partial charge in [0.1, 0.15) is 11.5 Å². The summed E-state index contributed by atoms with van der Waals surface area (Å²) in [4.78, 5) is 14.6. The molecule has 0 aromatic heterocycles. The van der Waals surface area contributed by atoms with E-state index < -0.39 is 5.91 Å². The molecule has 0 saturated carbocycles. The summed E-state index contributed by atoms with van der Waals surface area (Å²) in [5, 5.41) is 0. The first-order chi connectivity index (χ1) is 10.9. The van der Waals surface area contributed by atoms with Crippen molar-refractivity contribution in [3.05, 3.63) is 53.1 Å². The molecule has 0 heterocycles. The maximum atomic E-state index is 11.4. The summed E-state index contributed by atoms with van der Waals surface area (Å²) in [6.07, 6.45) is 2.06. The number of carbonyl (C=O) groups is 1. The molecule has 0 aliphatic carbocycles. The molecule has 2 rings (SSSR count). The Morgan fingerprint density at radius 3 is 2.52 bits per heavy atom. The Bertz CT molecular complexity index is 714. The van der Waals surface area contributed by atoms with Crippen LogP contribution in [0.3, 0.4) is 0 Å². The number of aryl methyl sites for hydroxylation is 1. The fraction of sp³-hybridized carbons (Fsp3) is 0.278. The number of nitrogens with two attached hydrogens (primary N) is 1. The third-order valence-electron chi connectivity index (χ3n) is 3.43. The van der Waals surface area contributed by atoms with Crippen LogP contribution in [0.25, 0.3) is 0 Å². The zero-order valence-corrected chi connectivity index (χ0v) is 14.7. The molecule has 4 nitrogen and oxygen atoms in total. The van der Waals surface area contributed by atoms with E-state index in [2.05, 4.69) is 19.2 Å². The lowest BCUT2D eigenvalue weighted by Gasteiger charge is -2.16. The van der Waals surface area contributed by atoms with E-state index in [4.69, 9.17) is 10.5 Å². The normalized spacial score (nSPS) is 10.8. The van der Waals surface area contributed by atoms with Crippen LogP contribution in [0.4, 0.5) is 0 Å². The molecule has 1 amide bonds. The van der Waals surface area contributed by atoms with E-state index in [9.17, 15) is 4.79 Å². The van der Waals surface area contributed by atoms with E-state index in [0.29, 0.717) is 12.1 Å². The monoisotopic (exact) mass is 330 g/mol. The minimum absolute atomic E-state index is 0.434. The van der Waals surface area contributed by atoms with Gasteiger partial charge in [0.15, 0.2) is 0 Å². The van der Waals surface area contributed by atoms with Gasteiger partial charge in [-0.05, 0) is 69.2 Å². The Morgan fingerprint density at radius 1 is 1.22 bits per heavy atom. The van der Waals surface area contributed by atoms with Gasteiger partial charge in [0, 0.05) is 22.6 Å². The first-order valence-electron chi connectivity index (χ1n) is 7.30. The van der Waals surface area contributed by atoms with Gasteiger partial charge in [-0.25, -0.2) is 0 Å². The molecule has 0 aliphatic rings. The smallest absolute Gasteiger partial charge is 0.248 e. The summed E-state index contributed by atoms with van der Waals surface area (Å²) in [5.41, 5.74) is 7.97. The van der Waals surface area contributed by atoms with Gasteiger partial charge >= 0.3 is 0 Å². The van der Waals surface area contributed by atoms with Gasteiger partial charge in [0.25, 0.3) is 0 Å². The summed E-state index contributed by atoms with van der Waals surface area (Å²) in [6.45, 7) is 2.73. The van der Waals surface area contributed by atoms with Crippen molar-refractivity contribution in [2.24, 2.45) is 5.73 Å². The van der Waals surface area contributed by atoms with Gasteiger partial charge in [-0.2, -0.15) is 0 Å². The highest BCUT2D eigenvalue weighted by molar-refractivity contribution is 7.98. The molecule has 5 heteroatoms. The Balaban J connectivity index is 2.34. The van der Waals surface area contributed by atoms with E-state index in [1.54, 1.807) is 30.0 Å². The minimum atomic E-state index is -0.434. The van der Waals surface area contributed by atoms with E-state index in [1.165, 1.54) is 10.5 Å². The van der Waals surface area contributed by atoms with Crippen molar-refractivity contribution in [2.45, 2.75) is 18.4 Å². The third kappa shape index (κ3) is 4.50. The number of benzene rings is 2. The van der Waals surface area contributed by atoms with Crippen molar-refractivity contribution in [1.82, 2.24) is 4.90 Å². The maximum Gasteiger partial charge on any atom is 0.248 e. The SMILES string of the molecule is CSc1ccc(Oc2ccc(C(N)=O)cc2CN(C)C)cc1C. The highest BCUT2D eigenvalue weighted by atomic mass is 32.2. The fourth-order valence-electron chi connectivity index (χ4n) is 2.34. The lowest BCUT2D eigenvalue weighted by molar-refractivity contribution is 0.1000. The van der Waals surface area contributed by atoms with E-state index in [0.717, 1.165) is 17.1 Å². The molecule has 0 bridgehead atoms. The van der Waals surface area contributed by atoms with Crippen molar-refractivity contribution >= 4 is 17.7 Å². The number of primary amides is 1. The van der Waals surface area contributed by atoms with Crippen molar-refractivity contribution in [3.8, 4) is 11.5 Å². The molecule has 23 heavy (non-hydrogen) atoms. The average molecular weight is 330 g/mol. The van der Waals surface area contributed by atoms with Crippen LogP contribution in [-0.4, -0.2) is 31.2 Å². The molecule has 0 unspecified atom stereocenters. The lowest BCUT2D eigenvalue weighted by Crippen LogP contribution is -2.14. The zero-order valence-electron chi connectivity index (χ0n) is 13.9. The van der Waals surface area contributed by atoms with E-state index >= 15 is 0 Å². The predicted octanol–water partition coefficient (Wildman–Crippen LogP) is 3.67. The highest BCUT2D eigenvalue weighted by Crippen LogP contribution is 2.30. The van der Waals surface area contributed by atoms with Gasteiger partial charge in [-0.15, -0.1) is 11.8 Å². The molecule has 2 aromatic carbocycles. The van der Waals surface area contributed by atoms with Gasteiger partial charge in [-0.1, -0.05) is 0 Å². The van der Waals surface area contributed by atoms with Crippen LogP contribution in [0.2, 0.25) is 0 Å². The Kier molecular flexibility index (Phi) is 5.69. The summed E-state index contributed by atoms with van der Waals surface area (Å²) in [6, 6.07) is 11.3. The summed E-state index contributed by atoms with van der Waals surface area (Å²) in [5.74, 6) is 1.09. The topological polar surface area (TPSA) is 55.6 Å². The molecule has 0 radical (unpaired) electrons. The van der Waals surface area contributed by atoms with Crippen LogP contribution in [0, 0.1) is 6.92 Å². The van der Waals surface area contributed by atoms with Crippen LogP contribution in [0.15, 0.2) is 41.3 Å². The molecule has 0 spiro atoms. The first kappa shape index (κ1) is 17.4. The van der Waals surface area contributed by atoms with Crippen molar-refractivity contribution < 1.29 is 9.53 Å². The largest absolute Gasteiger partial charge is 0.457 e. The molecule has 0 aliphatic heterocycles. The Morgan fingerprint density at radius 2 is 1.96 bits per heavy atom. The molecule has 0 fully saturated rings. The van der Waals surface area contributed by atoms with E-state index in [-0.39, 0.29) is 0 Å². The standard InChI is InChI=1S/C18H22N2O2S/c1-12-9-15(6-8-17(12)23-4)22-16-7-5-13(18(19)21)10-14(16)11-20(2)3/h5-10H,11H2,1-4H3,(H2,19,21).